The molecule has 1 aromatic carbocycles. The largest absolute Gasteiger partial charge is 0.480 e. The smallest absolute Gasteiger partial charge is 0.326 e. The Labute approximate surface area is 150 Å². The predicted molar refractivity (Wildman–Crippen MR) is 92.2 cm³/mol. The zero-order chi connectivity index (χ0) is 18.3. The Hall–Kier alpha value is -1.79. The minimum absolute atomic E-state index is 0.00235. The van der Waals surface area contributed by atoms with E-state index in [-0.39, 0.29) is 18.9 Å². The number of amides is 2. The summed E-state index contributed by atoms with van der Waals surface area (Å²) in [7, 11) is 0. The average Bonchev–Trinajstić information content (AvgIpc) is 2.47. The molecule has 0 aromatic heterocycles. The molecule has 0 saturated carbocycles. The molecule has 132 valence electrons. The van der Waals surface area contributed by atoms with Gasteiger partial charge in [-0.2, -0.15) is 0 Å². The monoisotopic (exact) mass is 374 g/mol. The van der Waals surface area contributed by atoms with Gasteiger partial charge in [-0.15, -0.1) is 0 Å². The molecule has 0 radical (unpaired) electrons. The second kappa shape index (κ2) is 9.49. The highest BCUT2D eigenvalue weighted by atomic mass is 35.5. The number of hydrogen-bond acceptors (Lipinski definition) is 3. The van der Waals surface area contributed by atoms with Crippen LogP contribution in [0.5, 0.6) is 0 Å². The number of benzene rings is 1. The van der Waals surface area contributed by atoms with Crippen molar-refractivity contribution < 1.29 is 19.5 Å². The van der Waals surface area contributed by atoms with Gasteiger partial charge in [0.25, 0.3) is 0 Å². The Morgan fingerprint density at radius 2 is 1.83 bits per heavy atom. The van der Waals surface area contributed by atoms with Gasteiger partial charge in [-0.05, 0) is 30.0 Å². The van der Waals surface area contributed by atoms with Crippen LogP contribution in [-0.2, 0) is 20.8 Å². The molecule has 1 rings (SSSR count). The lowest BCUT2D eigenvalue weighted by Crippen LogP contribution is -2.46. The molecule has 0 heterocycles. The lowest BCUT2D eigenvalue weighted by atomic mass is 10.0. The molecule has 1 atom stereocenters. The van der Waals surface area contributed by atoms with E-state index < -0.39 is 23.8 Å². The van der Waals surface area contributed by atoms with Crippen LogP contribution in [0.25, 0.3) is 0 Å². The molecule has 2 amide bonds. The highest BCUT2D eigenvalue weighted by molar-refractivity contribution is 6.35. The SMILES string of the molecule is CC(C)C[C@H](NC(=O)CNC(=O)Cc1ccc(Cl)cc1Cl)C(=O)O. The summed E-state index contributed by atoms with van der Waals surface area (Å²) in [6, 6.07) is 3.81. The van der Waals surface area contributed by atoms with Crippen LogP contribution in [0.3, 0.4) is 0 Å². The number of carbonyl (C=O) groups excluding carboxylic acids is 2. The average molecular weight is 375 g/mol. The van der Waals surface area contributed by atoms with Crippen LogP contribution in [0.15, 0.2) is 18.2 Å². The van der Waals surface area contributed by atoms with Crippen LogP contribution in [0.4, 0.5) is 0 Å². The molecular weight excluding hydrogens is 355 g/mol. The van der Waals surface area contributed by atoms with Gasteiger partial charge in [-0.25, -0.2) is 4.79 Å². The molecule has 0 saturated heterocycles. The lowest BCUT2D eigenvalue weighted by Gasteiger charge is -2.16. The topological polar surface area (TPSA) is 95.5 Å². The third-order valence-corrected chi connectivity index (χ3v) is 3.74. The Morgan fingerprint density at radius 3 is 2.38 bits per heavy atom. The number of carboxylic acids is 1. The third-order valence-electron chi connectivity index (χ3n) is 3.15. The molecule has 0 unspecified atom stereocenters. The molecule has 0 aliphatic heterocycles. The molecule has 0 fully saturated rings. The fraction of sp³-hybridized carbons (Fsp3) is 0.438. The molecule has 0 spiro atoms. The van der Waals surface area contributed by atoms with Crippen molar-refractivity contribution in [3.8, 4) is 0 Å². The van der Waals surface area contributed by atoms with Crippen LogP contribution in [0.1, 0.15) is 25.8 Å². The van der Waals surface area contributed by atoms with Crippen molar-refractivity contribution in [1.29, 1.82) is 0 Å². The van der Waals surface area contributed by atoms with Gasteiger partial charge in [0.05, 0.1) is 13.0 Å². The molecule has 0 aliphatic rings. The number of rotatable bonds is 8. The van der Waals surface area contributed by atoms with Crippen molar-refractivity contribution in [2.24, 2.45) is 5.92 Å². The number of hydrogen-bond donors (Lipinski definition) is 3. The van der Waals surface area contributed by atoms with E-state index in [1.165, 1.54) is 6.07 Å². The normalized spacial score (nSPS) is 11.9. The Bertz CT molecular complexity index is 620. The molecule has 24 heavy (non-hydrogen) atoms. The van der Waals surface area contributed by atoms with Gasteiger partial charge in [0.15, 0.2) is 0 Å². The zero-order valence-electron chi connectivity index (χ0n) is 13.4. The quantitative estimate of drug-likeness (QED) is 0.650. The molecule has 0 aliphatic carbocycles. The van der Waals surface area contributed by atoms with Crippen molar-refractivity contribution >= 4 is 41.0 Å². The van der Waals surface area contributed by atoms with Crippen LogP contribution in [0.2, 0.25) is 10.0 Å². The summed E-state index contributed by atoms with van der Waals surface area (Å²) in [4.78, 5) is 34.7. The van der Waals surface area contributed by atoms with Gasteiger partial charge in [0.2, 0.25) is 11.8 Å². The fourth-order valence-corrected chi connectivity index (χ4v) is 2.49. The van der Waals surface area contributed by atoms with E-state index in [9.17, 15) is 14.4 Å². The molecule has 3 N–H and O–H groups in total. The van der Waals surface area contributed by atoms with E-state index in [0.29, 0.717) is 22.0 Å². The molecule has 1 aromatic rings. The summed E-state index contributed by atoms with van der Waals surface area (Å²) >= 11 is 11.8. The first kappa shape index (κ1) is 20.3. The van der Waals surface area contributed by atoms with Crippen LogP contribution >= 0.6 is 23.2 Å². The van der Waals surface area contributed by atoms with Crippen molar-refractivity contribution in [3.63, 3.8) is 0 Å². The second-order valence-corrected chi connectivity index (χ2v) is 6.62. The van der Waals surface area contributed by atoms with Gasteiger partial charge in [0, 0.05) is 10.0 Å². The van der Waals surface area contributed by atoms with Gasteiger partial charge < -0.3 is 15.7 Å². The van der Waals surface area contributed by atoms with Gasteiger partial charge >= 0.3 is 5.97 Å². The van der Waals surface area contributed by atoms with Crippen molar-refractivity contribution in [2.75, 3.05) is 6.54 Å². The second-order valence-electron chi connectivity index (χ2n) is 5.78. The first-order valence-corrected chi connectivity index (χ1v) is 8.17. The highest BCUT2D eigenvalue weighted by Gasteiger charge is 2.21. The minimum atomic E-state index is -1.10. The maximum atomic E-state index is 11.9. The van der Waals surface area contributed by atoms with Crippen LogP contribution in [0, 0.1) is 5.92 Å². The Balaban J connectivity index is 2.48. The first-order chi connectivity index (χ1) is 11.2. The summed E-state index contributed by atoms with van der Waals surface area (Å²) < 4.78 is 0. The van der Waals surface area contributed by atoms with Crippen molar-refractivity contribution in [3.05, 3.63) is 33.8 Å². The highest BCUT2D eigenvalue weighted by Crippen LogP contribution is 2.21. The number of aliphatic carboxylic acids is 1. The number of halogens is 2. The van der Waals surface area contributed by atoms with E-state index in [0.717, 1.165) is 0 Å². The lowest BCUT2D eigenvalue weighted by molar-refractivity contribution is -0.142. The van der Waals surface area contributed by atoms with E-state index in [1.807, 2.05) is 13.8 Å². The molecule has 8 heteroatoms. The van der Waals surface area contributed by atoms with E-state index in [2.05, 4.69) is 10.6 Å². The first-order valence-electron chi connectivity index (χ1n) is 7.41. The number of nitrogens with one attached hydrogen (secondary N) is 2. The van der Waals surface area contributed by atoms with Gasteiger partial charge in [-0.1, -0.05) is 43.1 Å². The van der Waals surface area contributed by atoms with E-state index in [4.69, 9.17) is 28.3 Å². The van der Waals surface area contributed by atoms with Crippen LogP contribution in [-0.4, -0.2) is 35.5 Å². The Morgan fingerprint density at radius 1 is 1.17 bits per heavy atom. The predicted octanol–water partition coefficient (Wildman–Crippen LogP) is 2.27. The zero-order valence-corrected chi connectivity index (χ0v) is 14.9. The third kappa shape index (κ3) is 7.19. The number of carbonyl (C=O) groups is 3. The molecule has 0 bridgehead atoms. The molecular formula is C16H20Cl2N2O4. The standard InChI is InChI=1S/C16H20Cl2N2O4/c1-9(2)5-13(16(23)24)20-15(22)8-19-14(21)6-10-3-4-11(17)7-12(10)18/h3-4,7,9,13H,5-6,8H2,1-2H3,(H,19,21)(H,20,22)(H,23,24)/t13-/m0/s1. The van der Waals surface area contributed by atoms with Gasteiger partial charge in [0.1, 0.15) is 6.04 Å². The summed E-state index contributed by atoms with van der Waals surface area (Å²) in [5, 5.41) is 14.7. The maximum Gasteiger partial charge on any atom is 0.326 e. The molecule has 6 nitrogen and oxygen atoms in total. The van der Waals surface area contributed by atoms with E-state index in [1.54, 1.807) is 12.1 Å². The minimum Gasteiger partial charge on any atom is -0.480 e. The van der Waals surface area contributed by atoms with Crippen molar-refractivity contribution in [2.45, 2.75) is 32.7 Å². The fourth-order valence-electron chi connectivity index (χ4n) is 2.02. The number of carboxylic acid groups (broad SMARTS) is 1. The van der Waals surface area contributed by atoms with Crippen molar-refractivity contribution in [1.82, 2.24) is 10.6 Å². The Kier molecular flexibility index (Phi) is 8.01. The van der Waals surface area contributed by atoms with E-state index >= 15 is 0 Å². The summed E-state index contributed by atoms with van der Waals surface area (Å²) in [6.07, 6.45) is 0.313. The summed E-state index contributed by atoms with van der Waals surface area (Å²) in [6.45, 7) is 3.42. The summed E-state index contributed by atoms with van der Waals surface area (Å²) in [5.74, 6) is -1.94. The van der Waals surface area contributed by atoms with Crippen LogP contribution < -0.4 is 10.6 Å². The summed E-state index contributed by atoms with van der Waals surface area (Å²) in [5.41, 5.74) is 0.585. The maximum absolute atomic E-state index is 11.9. The van der Waals surface area contributed by atoms with Gasteiger partial charge in [-0.3, -0.25) is 9.59 Å².